The molecule has 2 heterocycles. The fourth-order valence-corrected chi connectivity index (χ4v) is 4.57. The first-order valence-corrected chi connectivity index (χ1v) is 7.78. The first-order chi connectivity index (χ1) is 8.28. The minimum absolute atomic E-state index is 0.809. The summed E-state index contributed by atoms with van der Waals surface area (Å²) in [7, 11) is 0. The van der Waals surface area contributed by atoms with E-state index in [4.69, 9.17) is 0 Å². The number of fused-ring (bicyclic) bond motifs is 2. The summed E-state index contributed by atoms with van der Waals surface area (Å²) in [4.78, 5) is 2.94. The average Bonchev–Trinajstić information content (AvgIpc) is 2.24. The van der Waals surface area contributed by atoms with E-state index in [9.17, 15) is 0 Å². The van der Waals surface area contributed by atoms with Crippen molar-refractivity contribution >= 4 is 0 Å². The lowest BCUT2D eigenvalue weighted by Crippen LogP contribution is -2.61. The van der Waals surface area contributed by atoms with Gasteiger partial charge in [0.15, 0.2) is 0 Å². The van der Waals surface area contributed by atoms with Crippen molar-refractivity contribution in [2.45, 2.75) is 83.0 Å². The Kier molecular flexibility index (Phi) is 3.45. The molecule has 0 aromatic heterocycles. The van der Waals surface area contributed by atoms with E-state index in [1.54, 1.807) is 0 Å². The monoisotopic (exact) mass is 236 g/mol. The van der Waals surface area contributed by atoms with Gasteiger partial charge in [-0.3, -0.25) is 4.90 Å². The molecule has 2 saturated heterocycles. The Hall–Kier alpha value is -0.0800. The summed E-state index contributed by atoms with van der Waals surface area (Å²) in [5, 5.41) is 3.69. The maximum absolute atomic E-state index is 3.69. The molecule has 1 aliphatic carbocycles. The van der Waals surface area contributed by atoms with Crippen LogP contribution >= 0.6 is 0 Å². The van der Waals surface area contributed by atoms with Gasteiger partial charge < -0.3 is 5.32 Å². The number of hydrogen-bond donors (Lipinski definition) is 1. The van der Waals surface area contributed by atoms with Crippen LogP contribution in [0.25, 0.3) is 0 Å². The summed E-state index contributed by atoms with van der Waals surface area (Å²) in [6.07, 6.45) is 10.2. The molecule has 2 atom stereocenters. The highest BCUT2D eigenvalue weighted by atomic mass is 15.2. The van der Waals surface area contributed by atoms with E-state index in [2.05, 4.69) is 24.1 Å². The first kappa shape index (κ1) is 12.0. The van der Waals surface area contributed by atoms with Crippen molar-refractivity contribution in [2.75, 3.05) is 6.54 Å². The summed E-state index contributed by atoms with van der Waals surface area (Å²) in [5.74, 6) is 0.993. The molecule has 0 aromatic carbocycles. The third-order valence-corrected chi connectivity index (χ3v) is 5.29. The summed E-state index contributed by atoms with van der Waals surface area (Å²) in [6, 6.07) is 3.57. The van der Waals surface area contributed by atoms with Crippen LogP contribution < -0.4 is 5.32 Å². The van der Waals surface area contributed by atoms with Crippen LogP contribution in [0.2, 0.25) is 0 Å². The van der Waals surface area contributed by atoms with Crippen LogP contribution in [0.15, 0.2) is 0 Å². The van der Waals surface area contributed by atoms with Gasteiger partial charge in [-0.1, -0.05) is 20.3 Å². The van der Waals surface area contributed by atoms with Crippen molar-refractivity contribution in [3.8, 4) is 0 Å². The van der Waals surface area contributed by atoms with Crippen LogP contribution in [0.5, 0.6) is 0 Å². The molecule has 0 spiro atoms. The van der Waals surface area contributed by atoms with E-state index in [1.165, 1.54) is 44.9 Å². The lowest BCUT2D eigenvalue weighted by atomic mass is 9.74. The number of rotatable bonds is 3. The maximum atomic E-state index is 3.69. The maximum Gasteiger partial charge on any atom is 0.0116 e. The molecule has 3 fully saturated rings. The van der Waals surface area contributed by atoms with E-state index >= 15 is 0 Å². The lowest BCUT2D eigenvalue weighted by molar-refractivity contribution is -0.0502. The molecule has 0 radical (unpaired) electrons. The standard InChI is InChI=1S/C15H28N2/c1-3-16-12-9-13-5-4-6-14(10-12)17(13)15-7-11(2)8-15/h11-16H,3-10H2,1-2H3. The minimum Gasteiger partial charge on any atom is -0.314 e. The molecular formula is C15H28N2. The zero-order chi connectivity index (χ0) is 11.8. The predicted molar refractivity (Wildman–Crippen MR) is 72.2 cm³/mol. The van der Waals surface area contributed by atoms with Gasteiger partial charge in [-0.15, -0.1) is 0 Å². The van der Waals surface area contributed by atoms with Gasteiger partial charge in [0.25, 0.3) is 0 Å². The smallest absolute Gasteiger partial charge is 0.0116 e. The van der Waals surface area contributed by atoms with Gasteiger partial charge >= 0.3 is 0 Å². The minimum atomic E-state index is 0.809. The van der Waals surface area contributed by atoms with Crippen molar-refractivity contribution in [3.05, 3.63) is 0 Å². The van der Waals surface area contributed by atoms with E-state index in [1.807, 2.05) is 0 Å². The Bertz CT molecular complexity index is 246. The molecule has 2 aliphatic heterocycles. The molecule has 2 heteroatoms. The third kappa shape index (κ3) is 2.26. The zero-order valence-corrected chi connectivity index (χ0v) is 11.5. The molecular weight excluding hydrogens is 208 g/mol. The molecule has 2 bridgehead atoms. The van der Waals surface area contributed by atoms with Crippen LogP contribution in [0.4, 0.5) is 0 Å². The Balaban J connectivity index is 1.65. The predicted octanol–water partition coefficient (Wildman–Crippen LogP) is 2.78. The molecule has 0 amide bonds. The Morgan fingerprint density at radius 2 is 1.65 bits per heavy atom. The van der Waals surface area contributed by atoms with Crippen LogP contribution in [0.3, 0.4) is 0 Å². The first-order valence-electron chi connectivity index (χ1n) is 7.78. The van der Waals surface area contributed by atoms with Gasteiger partial charge in [0.05, 0.1) is 0 Å². The number of nitrogens with one attached hydrogen (secondary N) is 1. The SMILES string of the molecule is CCNC1CC2CCCC(C1)N2C1CC(C)C1. The van der Waals surface area contributed by atoms with Gasteiger partial charge in [-0.05, 0) is 51.0 Å². The van der Waals surface area contributed by atoms with Crippen molar-refractivity contribution in [1.82, 2.24) is 10.2 Å². The number of piperidine rings is 2. The van der Waals surface area contributed by atoms with Crippen molar-refractivity contribution in [3.63, 3.8) is 0 Å². The molecule has 17 heavy (non-hydrogen) atoms. The molecule has 2 unspecified atom stereocenters. The highest BCUT2D eigenvalue weighted by Crippen LogP contribution is 2.42. The summed E-state index contributed by atoms with van der Waals surface area (Å²) in [5.41, 5.74) is 0. The normalized spacial score (nSPS) is 46.6. The quantitative estimate of drug-likeness (QED) is 0.810. The summed E-state index contributed by atoms with van der Waals surface area (Å²) >= 11 is 0. The van der Waals surface area contributed by atoms with Crippen LogP contribution in [0.1, 0.15) is 58.8 Å². The molecule has 1 N–H and O–H groups in total. The zero-order valence-electron chi connectivity index (χ0n) is 11.5. The number of nitrogens with zero attached hydrogens (tertiary/aromatic N) is 1. The van der Waals surface area contributed by atoms with Crippen molar-refractivity contribution in [2.24, 2.45) is 5.92 Å². The molecule has 3 aliphatic rings. The topological polar surface area (TPSA) is 15.3 Å². The molecule has 3 rings (SSSR count). The van der Waals surface area contributed by atoms with E-state index < -0.39 is 0 Å². The fraction of sp³-hybridized carbons (Fsp3) is 1.00. The molecule has 98 valence electrons. The summed E-state index contributed by atoms with van der Waals surface area (Å²) < 4.78 is 0. The van der Waals surface area contributed by atoms with Crippen LogP contribution in [0, 0.1) is 5.92 Å². The van der Waals surface area contributed by atoms with E-state index in [-0.39, 0.29) is 0 Å². The lowest BCUT2D eigenvalue weighted by Gasteiger charge is -2.56. The molecule has 0 aromatic rings. The van der Waals surface area contributed by atoms with Gasteiger partial charge in [0, 0.05) is 24.2 Å². The highest BCUT2D eigenvalue weighted by molar-refractivity contribution is 5.00. The van der Waals surface area contributed by atoms with E-state index in [0.29, 0.717) is 0 Å². The van der Waals surface area contributed by atoms with Gasteiger partial charge in [-0.25, -0.2) is 0 Å². The second-order valence-corrected chi connectivity index (χ2v) is 6.64. The second-order valence-electron chi connectivity index (χ2n) is 6.64. The van der Waals surface area contributed by atoms with Crippen LogP contribution in [-0.2, 0) is 0 Å². The third-order valence-electron chi connectivity index (χ3n) is 5.29. The largest absolute Gasteiger partial charge is 0.314 e. The second kappa shape index (κ2) is 4.89. The van der Waals surface area contributed by atoms with E-state index in [0.717, 1.165) is 36.6 Å². The van der Waals surface area contributed by atoms with Crippen LogP contribution in [-0.4, -0.2) is 35.6 Å². The Morgan fingerprint density at radius 3 is 2.18 bits per heavy atom. The van der Waals surface area contributed by atoms with Crippen molar-refractivity contribution < 1.29 is 0 Å². The molecule has 2 nitrogen and oxygen atoms in total. The highest BCUT2D eigenvalue weighted by Gasteiger charge is 2.44. The molecule has 1 saturated carbocycles. The fourth-order valence-electron chi connectivity index (χ4n) is 4.57. The van der Waals surface area contributed by atoms with Crippen molar-refractivity contribution in [1.29, 1.82) is 0 Å². The van der Waals surface area contributed by atoms with Gasteiger partial charge in [0.2, 0.25) is 0 Å². The Morgan fingerprint density at radius 1 is 1.00 bits per heavy atom. The van der Waals surface area contributed by atoms with Gasteiger partial charge in [-0.2, -0.15) is 0 Å². The average molecular weight is 236 g/mol. The number of hydrogen-bond acceptors (Lipinski definition) is 2. The Labute approximate surface area is 106 Å². The summed E-state index contributed by atoms with van der Waals surface area (Å²) in [6.45, 7) is 5.80. The van der Waals surface area contributed by atoms with Gasteiger partial charge in [0.1, 0.15) is 0 Å².